The molecular formula is C18H36N2OS. The van der Waals surface area contributed by atoms with Gasteiger partial charge in [-0.3, -0.25) is 4.79 Å². The molecule has 0 spiro atoms. The van der Waals surface area contributed by atoms with Crippen LogP contribution in [-0.2, 0) is 0 Å². The summed E-state index contributed by atoms with van der Waals surface area (Å²) in [5.41, 5.74) is 0.941. The molecule has 0 aromatic heterocycles. The van der Waals surface area contributed by atoms with Crippen molar-refractivity contribution in [2.24, 2.45) is 0 Å². The molecular weight excluding hydrogens is 292 g/mol. The maximum absolute atomic E-state index is 11.0. The van der Waals surface area contributed by atoms with Gasteiger partial charge in [-0.1, -0.05) is 53.3 Å². The van der Waals surface area contributed by atoms with Crippen molar-refractivity contribution < 1.29 is 0 Å². The van der Waals surface area contributed by atoms with Crippen molar-refractivity contribution in [3.05, 3.63) is 20.8 Å². The monoisotopic (exact) mass is 328 g/mol. The van der Waals surface area contributed by atoms with Gasteiger partial charge in [-0.05, 0) is 39.4 Å². The van der Waals surface area contributed by atoms with Gasteiger partial charge in [-0.2, -0.15) is 0 Å². The lowest BCUT2D eigenvalue weighted by molar-refractivity contribution is 0.327. The molecule has 0 bridgehead atoms. The van der Waals surface area contributed by atoms with Crippen molar-refractivity contribution in [3.63, 3.8) is 0 Å². The van der Waals surface area contributed by atoms with Gasteiger partial charge in [0, 0.05) is 19.7 Å². The van der Waals surface area contributed by atoms with Gasteiger partial charge < -0.3 is 9.80 Å². The molecule has 0 aliphatic heterocycles. The second-order valence-electron chi connectivity index (χ2n) is 5.36. The van der Waals surface area contributed by atoms with Crippen LogP contribution in [0, 0.1) is 4.51 Å². The van der Waals surface area contributed by atoms with Gasteiger partial charge in [0.2, 0.25) is 5.43 Å². The second-order valence-corrected chi connectivity index (χ2v) is 5.77. The summed E-state index contributed by atoms with van der Waals surface area (Å²) < 4.78 is 0.496. The highest BCUT2D eigenvalue weighted by atomic mass is 32.1. The highest BCUT2D eigenvalue weighted by molar-refractivity contribution is 7.71. The van der Waals surface area contributed by atoms with Crippen molar-refractivity contribution in [1.82, 2.24) is 4.90 Å². The zero-order chi connectivity index (χ0) is 17.5. The second kappa shape index (κ2) is 15.2. The van der Waals surface area contributed by atoms with Gasteiger partial charge in [0.25, 0.3) is 0 Å². The first-order chi connectivity index (χ1) is 10.5. The van der Waals surface area contributed by atoms with Crippen LogP contribution in [0.15, 0.2) is 10.9 Å². The van der Waals surface area contributed by atoms with Gasteiger partial charge in [0.1, 0.15) is 4.51 Å². The fourth-order valence-electron chi connectivity index (χ4n) is 1.93. The van der Waals surface area contributed by atoms with E-state index in [1.165, 1.54) is 25.8 Å². The minimum absolute atomic E-state index is 0.00419. The Balaban J connectivity index is 0. The highest BCUT2D eigenvalue weighted by Crippen LogP contribution is 2.14. The van der Waals surface area contributed by atoms with Gasteiger partial charge in [0.05, 0.1) is 5.69 Å². The summed E-state index contributed by atoms with van der Waals surface area (Å²) in [4.78, 5) is 15.4. The molecule has 130 valence electrons. The Kier molecular flexibility index (Phi) is 16.2. The highest BCUT2D eigenvalue weighted by Gasteiger charge is 2.09. The van der Waals surface area contributed by atoms with Crippen molar-refractivity contribution in [2.75, 3.05) is 38.6 Å². The Morgan fingerprint density at radius 3 is 1.91 bits per heavy atom. The summed E-state index contributed by atoms with van der Waals surface area (Å²) >= 11 is 4.99. The largest absolute Gasteiger partial charge is 0.373 e. The third-order valence-corrected chi connectivity index (χ3v) is 3.43. The summed E-state index contributed by atoms with van der Waals surface area (Å²) in [6, 6.07) is 1.63. The third kappa shape index (κ3) is 10.1. The number of hydrogen-bond acceptors (Lipinski definition) is 4. The van der Waals surface area contributed by atoms with Crippen molar-refractivity contribution in [1.29, 1.82) is 0 Å². The number of rotatable bonds is 8. The summed E-state index contributed by atoms with van der Waals surface area (Å²) in [5.74, 6) is 0. The molecule has 0 N–H and O–H groups in total. The smallest absolute Gasteiger partial charge is 0.200 e. The molecule has 0 amide bonds. The predicted octanol–water partition coefficient (Wildman–Crippen LogP) is 4.65. The average Bonchev–Trinajstić information content (AvgIpc) is 2.51. The number of hydrogen-bond donors (Lipinski definition) is 0. The lowest BCUT2D eigenvalue weighted by Crippen LogP contribution is -2.26. The van der Waals surface area contributed by atoms with E-state index in [1.54, 1.807) is 6.07 Å². The first-order valence-electron chi connectivity index (χ1n) is 8.67. The minimum atomic E-state index is 0.00419. The van der Waals surface area contributed by atoms with Crippen LogP contribution < -0.4 is 10.3 Å². The Morgan fingerprint density at radius 1 is 1.00 bits per heavy atom. The Morgan fingerprint density at radius 2 is 1.50 bits per heavy atom. The predicted molar refractivity (Wildman–Crippen MR) is 104 cm³/mol. The van der Waals surface area contributed by atoms with Crippen LogP contribution >= 0.6 is 12.2 Å². The quantitative estimate of drug-likeness (QED) is 0.512. The van der Waals surface area contributed by atoms with Gasteiger partial charge >= 0.3 is 0 Å². The molecule has 0 fully saturated rings. The van der Waals surface area contributed by atoms with E-state index >= 15 is 0 Å². The van der Waals surface area contributed by atoms with Crippen molar-refractivity contribution in [3.8, 4) is 0 Å². The Labute approximate surface area is 143 Å². The molecule has 4 heteroatoms. The average molecular weight is 329 g/mol. The maximum Gasteiger partial charge on any atom is 0.200 e. The lowest BCUT2D eigenvalue weighted by Gasteiger charge is -2.21. The summed E-state index contributed by atoms with van der Waals surface area (Å²) in [6.07, 6.45) is 4.78. The van der Waals surface area contributed by atoms with Crippen LogP contribution in [-0.4, -0.2) is 38.6 Å². The zero-order valence-electron chi connectivity index (χ0n) is 15.7. The number of nitrogens with zero attached hydrogens (tertiary/aromatic N) is 2. The molecule has 3 nitrogen and oxygen atoms in total. The molecule has 1 aromatic rings. The molecule has 22 heavy (non-hydrogen) atoms. The van der Waals surface area contributed by atoms with Gasteiger partial charge in [0.15, 0.2) is 0 Å². The van der Waals surface area contributed by atoms with E-state index < -0.39 is 0 Å². The van der Waals surface area contributed by atoms with Crippen molar-refractivity contribution >= 4 is 17.9 Å². The third-order valence-electron chi connectivity index (χ3n) is 3.02. The molecule has 1 rings (SSSR count). The first kappa shape index (κ1) is 23.5. The topological polar surface area (TPSA) is 23.6 Å². The fourth-order valence-corrected chi connectivity index (χ4v) is 2.21. The maximum atomic E-state index is 11.0. The van der Waals surface area contributed by atoms with E-state index in [1.807, 2.05) is 20.9 Å². The normalized spacial score (nSPS) is 9.82. The fraction of sp³-hybridized carbons (Fsp3) is 0.778. The van der Waals surface area contributed by atoms with Crippen LogP contribution in [0.3, 0.4) is 0 Å². The Bertz CT molecular complexity index is 424. The summed E-state index contributed by atoms with van der Waals surface area (Å²) in [6.45, 7) is 13.7. The standard InChI is InChI=1S/C13H22N2OS.C3H8.C2H6/c1-4-7-14(2)8-5-6-9-15(3)11-10-12(16)13(11)17;1-3-2;1-2/h10H,4-9H2,1-3H3;3H2,1-2H3;1-2H3. The number of unbranched alkanes of at least 4 members (excludes halogenated alkanes) is 1. The summed E-state index contributed by atoms with van der Waals surface area (Å²) in [5, 5.41) is 0. The molecule has 1 aromatic carbocycles. The van der Waals surface area contributed by atoms with Crippen LogP contribution in [0.25, 0.3) is 0 Å². The van der Waals surface area contributed by atoms with E-state index in [0.29, 0.717) is 4.51 Å². The van der Waals surface area contributed by atoms with Crippen molar-refractivity contribution in [2.45, 2.75) is 60.3 Å². The zero-order valence-corrected chi connectivity index (χ0v) is 16.6. The number of anilines is 1. The van der Waals surface area contributed by atoms with E-state index in [9.17, 15) is 4.79 Å². The molecule has 0 saturated carbocycles. The first-order valence-corrected chi connectivity index (χ1v) is 9.08. The molecule has 0 atom stereocenters. The van der Waals surface area contributed by atoms with E-state index in [4.69, 9.17) is 12.2 Å². The molecule has 0 aliphatic rings. The molecule has 0 aliphatic carbocycles. The molecule has 0 radical (unpaired) electrons. The molecule has 0 saturated heterocycles. The van der Waals surface area contributed by atoms with Crippen LogP contribution in [0.1, 0.15) is 60.3 Å². The van der Waals surface area contributed by atoms with E-state index in [2.05, 4.69) is 37.6 Å². The van der Waals surface area contributed by atoms with Gasteiger partial charge in [-0.15, -0.1) is 0 Å². The van der Waals surface area contributed by atoms with Gasteiger partial charge in [-0.25, -0.2) is 0 Å². The van der Waals surface area contributed by atoms with E-state index in [0.717, 1.165) is 25.2 Å². The molecule has 0 heterocycles. The SMILES string of the molecule is CC.CCC.CCCN(C)CCCCN(C)c1cc(=O)c1=S. The lowest BCUT2D eigenvalue weighted by atomic mass is 10.2. The van der Waals surface area contributed by atoms with E-state index in [-0.39, 0.29) is 5.43 Å². The Hall–Kier alpha value is -0.740. The van der Waals surface area contributed by atoms with Crippen LogP contribution in [0.4, 0.5) is 5.69 Å². The summed E-state index contributed by atoms with van der Waals surface area (Å²) in [7, 11) is 4.16. The van der Waals surface area contributed by atoms with Crippen LogP contribution in [0.2, 0.25) is 0 Å². The molecule has 0 unspecified atom stereocenters. The minimum Gasteiger partial charge on any atom is -0.373 e. The van der Waals surface area contributed by atoms with Crippen LogP contribution in [0.5, 0.6) is 0 Å².